The summed E-state index contributed by atoms with van der Waals surface area (Å²) in [5, 5.41) is 11.0. The van der Waals surface area contributed by atoms with Crippen LogP contribution in [-0.2, 0) is 12.6 Å². The largest absolute Gasteiger partial charge is 0.416 e. The van der Waals surface area contributed by atoms with E-state index in [0.717, 1.165) is 17.1 Å². The van der Waals surface area contributed by atoms with E-state index in [-0.39, 0.29) is 10.7 Å². The predicted molar refractivity (Wildman–Crippen MR) is 68.7 cm³/mol. The van der Waals surface area contributed by atoms with Crippen LogP contribution in [-0.4, -0.2) is 16.1 Å². The van der Waals surface area contributed by atoms with E-state index in [1.807, 2.05) is 6.92 Å². The minimum atomic E-state index is -4.48. The lowest BCUT2D eigenvalue weighted by atomic mass is 10.1. The highest BCUT2D eigenvalue weighted by Crippen LogP contribution is 2.29. The molecule has 0 saturated carbocycles. The Morgan fingerprint density at radius 2 is 2.10 bits per heavy atom. The van der Waals surface area contributed by atoms with Crippen LogP contribution in [0.25, 0.3) is 0 Å². The molecule has 1 aromatic carbocycles. The fourth-order valence-corrected chi connectivity index (χ4v) is 2.13. The molecule has 0 atom stereocenters. The summed E-state index contributed by atoms with van der Waals surface area (Å²) in [5.74, 6) is -0.644. The van der Waals surface area contributed by atoms with E-state index in [1.54, 1.807) is 0 Å². The lowest BCUT2D eigenvalue weighted by molar-refractivity contribution is -0.137. The lowest BCUT2D eigenvalue weighted by Crippen LogP contribution is -2.13. The molecule has 1 aromatic heterocycles. The summed E-state index contributed by atoms with van der Waals surface area (Å²) in [6.07, 6.45) is -3.80. The normalized spacial score (nSPS) is 11.4. The Labute approximate surface area is 116 Å². The van der Waals surface area contributed by atoms with Gasteiger partial charge in [0.2, 0.25) is 5.13 Å². The summed E-state index contributed by atoms with van der Waals surface area (Å²) in [6.45, 7) is 1.89. The number of nitrogens with zero attached hydrogens (tertiary/aromatic N) is 2. The van der Waals surface area contributed by atoms with Crippen molar-refractivity contribution in [2.24, 2.45) is 0 Å². The van der Waals surface area contributed by atoms with Crippen molar-refractivity contribution in [3.8, 4) is 0 Å². The van der Waals surface area contributed by atoms with Crippen LogP contribution in [0.1, 0.15) is 27.9 Å². The van der Waals surface area contributed by atoms with Gasteiger partial charge in [0, 0.05) is 5.56 Å². The first-order valence-corrected chi connectivity index (χ1v) is 6.53. The molecule has 4 nitrogen and oxygen atoms in total. The number of aromatic nitrogens is 2. The van der Waals surface area contributed by atoms with E-state index in [1.165, 1.54) is 23.5 Å². The zero-order valence-corrected chi connectivity index (χ0v) is 11.2. The lowest BCUT2D eigenvalue weighted by Gasteiger charge is -2.08. The second-order valence-corrected chi connectivity index (χ2v) is 4.95. The molecule has 0 fully saturated rings. The highest BCUT2D eigenvalue weighted by molar-refractivity contribution is 7.15. The monoisotopic (exact) mass is 301 g/mol. The molecule has 2 aromatic rings. The highest BCUT2D eigenvalue weighted by atomic mass is 32.1. The molecule has 0 aliphatic carbocycles. The number of nitrogens with one attached hydrogen (secondary N) is 1. The predicted octanol–water partition coefficient (Wildman–Crippen LogP) is 3.37. The molecule has 2 rings (SSSR count). The van der Waals surface area contributed by atoms with Gasteiger partial charge >= 0.3 is 6.18 Å². The van der Waals surface area contributed by atoms with Crippen molar-refractivity contribution in [3.05, 3.63) is 40.4 Å². The van der Waals surface area contributed by atoms with Gasteiger partial charge < -0.3 is 0 Å². The molecular weight excluding hydrogens is 291 g/mol. The van der Waals surface area contributed by atoms with Gasteiger partial charge in [0.15, 0.2) is 0 Å². The molecule has 0 aliphatic rings. The second-order valence-electron chi connectivity index (χ2n) is 3.89. The van der Waals surface area contributed by atoms with Gasteiger partial charge in [0.25, 0.3) is 5.91 Å². The van der Waals surface area contributed by atoms with E-state index in [4.69, 9.17) is 0 Å². The molecule has 8 heteroatoms. The van der Waals surface area contributed by atoms with Gasteiger partial charge in [-0.3, -0.25) is 10.1 Å². The zero-order valence-electron chi connectivity index (χ0n) is 10.4. The summed E-state index contributed by atoms with van der Waals surface area (Å²) in [7, 11) is 0. The van der Waals surface area contributed by atoms with Crippen molar-refractivity contribution < 1.29 is 18.0 Å². The van der Waals surface area contributed by atoms with Gasteiger partial charge in [0.05, 0.1) is 5.56 Å². The number of benzene rings is 1. The van der Waals surface area contributed by atoms with Crippen molar-refractivity contribution in [2.75, 3.05) is 5.32 Å². The van der Waals surface area contributed by atoms with Crippen molar-refractivity contribution >= 4 is 22.4 Å². The van der Waals surface area contributed by atoms with Gasteiger partial charge in [-0.05, 0) is 24.6 Å². The molecule has 1 N–H and O–H groups in total. The first-order chi connectivity index (χ1) is 9.40. The van der Waals surface area contributed by atoms with Crippen molar-refractivity contribution in [1.82, 2.24) is 10.2 Å². The summed E-state index contributed by atoms with van der Waals surface area (Å²) in [5.41, 5.74) is -0.940. The van der Waals surface area contributed by atoms with Crippen molar-refractivity contribution in [2.45, 2.75) is 19.5 Å². The number of alkyl halides is 3. The smallest absolute Gasteiger partial charge is 0.296 e. The SMILES string of the molecule is CCc1nnc(NC(=O)c2cccc(C(F)(F)F)c2)s1. The Morgan fingerprint density at radius 1 is 1.35 bits per heavy atom. The highest BCUT2D eigenvalue weighted by Gasteiger charge is 2.30. The number of anilines is 1. The van der Waals surface area contributed by atoms with E-state index in [0.29, 0.717) is 6.42 Å². The second kappa shape index (κ2) is 5.58. The van der Waals surface area contributed by atoms with Gasteiger partial charge in [-0.25, -0.2) is 0 Å². The van der Waals surface area contributed by atoms with Gasteiger partial charge in [-0.1, -0.05) is 24.3 Å². The maximum absolute atomic E-state index is 12.6. The Morgan fingerprint density at radius 3 is 2.70 bits per heavy atom. The van der Waals surface area contributed by atoms with Crippen LogP contribution in [0.3, 0.4) is 0 Å². The third-order valence-electron chi connectivity index (χ3n) is 2.44. The first kappa shape index (κ1) is 14.4. The maximum Gasteiger partial charge on any atom is 0.416 e. The minimum absolute atomic E-state index is 0.0759. The van der Waals surface area contributed by atoms with Crippen LogP contribution in [0.5, 0.6) is 0 Å². The fraction of sp³-hybridized carbons (Fsp3) is 0.250. The summed E-state index contributed by atoms with van der Waals surface area (Å²) in [6, 6.07) is 4.22. The molecule has 20 heavy (non-hydrogen) atoms. The summed E-state index contributed by atoms with van der Waals surface area (Å²) >= 11 is 1.19. The van der Waals surface area contributed by atoms with E-state index < -0.39 is 17.6 Å². The molecule has 106 valence electrons. The Kier molecular flexibility index (Phi) is 4.03. The van der Waals surface area contributed by atoms with Gasteiger partial charge in [-0.2, -0.15) is 13.2 Å². The minimum Gasteiger partial charge on any atom is -0.296 e. The number of aryl methyl sites for hydroxylation is 1. The van der Waals surface area contributed by atoms with E-state index in [9.17, 15) is 18.0 Å². The van der Waals surface area contributed by atoms with Crippen LogP contribution in [0.15, 0.2) is 24.3 Å². The number of carbonyl (C=O) groups excluding carboxylic acids is 1. The quantitative estimate of drug-likeness (QED) is 0.945. The van der Waals surface area contributed by atoms with Gasteiger partial charge in [-0.15, -0.1) is 10.2 Å². The molecule has 0 aliphatic heterocycles. The Hall–Kier alpha value is -1.96. The third-order valence-corrected chi connectivity index (χ3v) is 3.42. The molecule has 1 heterocycles. The molecular formula is C12H10F3N3OS. The van der Waals surface area contributed by atoms with Crippen molar-refractivity contribution in [3.63, 3.8) is 0 Å². The average Bonchev–Trinajstić information content (AvgIpc) is 2.85. The average molecular weight is 301 g/mol. The summed E-state index contributed by atoms with van der Waals surface area (Å²) < 4.78 is 37.7. The molecule has 0 unspecified atom stereocenters. The number of hydrogen-bond acceptors (Lipinski definition) is 4. The van der Waals surface area contributed by atoms with Crippen LogP contribution >= 0.6 is 11.3 Å². The number of halogens is 3. The molecule has 0 bridgehead atoms. The molecule has 0 spiro atoms. The van der Waals surface area contributed by atoms with Crippen LogP contribution in [0, 0.1) is 0 Å². The summed E-state index contributed by atoms with van der Waals surface area (Å²) in [4.78, 5) is 11.9. The zero-order chi connectivity index (χ0) is 14.8. The molecule has 0 radical (unpaired) electrons. The maximum atomic E-state index is 12.6. The van der Waals surface area contributed by atoms with Crippen molar-refractivity contribution in [1.29, 1.82) is 0 Å². The number of carbonyl (C=O) groups is 1. The van der Waals surface area contributed by atoms with E-state index in [2.05, 4.69) is 15.5 Å². The third kappa shape index (κ3) is 3.32. The Bertz CT molecular complexity index is 624. The fourth-order valence-electron chi connectivity index (χ4n) is 1.45. The van der Waals surface area contributed by atoms with Crippen LogP contribution in [0.4, 0.5) is 18.3 Å². The number of rotatable bonds is 3. The topological polar surface area (TPSA) is 54.9 Å². The molecule has 1 amide bonds. The van der Waals surface area contributed by atoms with Crippen LogP contribution in [0.2, 0.25) is 0 Å². The standard InChI is InChI=1S/C12H10F3N3OS/c1-2-9-17-18-11(20-9)16-10(19)7-4-3-5-8(6-7)12(13,14)15/h3-6H,2H2,1H3,(H,16,18,19). The first-order valence-electron chi connectivity index (χ1n) is 5.71. The van der Waals surface area contributed by atoms with Gasteiger partial charge in [0.1, 0.15) is 5.01 Å². The molecule has 0 saturated heterocycles. The van der Waals surface area contributed by atoms with Crippen LogP contribution < -0.4 is 5.32 Å². The Balaban J connectivity index is 2.17. The number of amides is 1. The van der Waals surface area contributed by atoms with E-state index >= 15 is 0 Å². The number of hydrogen-bond donors (Lipinski definition) is 1.